The van der Waals surface area contributed by atoms with Crippen LogP contribution in [-0.4, -0.2) is 18.9 Å². The summed E-state index contributed by atoms with van der Waals surface area (Å²) >= 11 is 9.42. The molecule has 18 heavy (non-hydrogen) atoms. The largest absolute Gasteiger partial charge is 0.316 e. The van der Waals surface area contributed by atoms with E-state index in [1.54, 1.807) is 6.07 Å². The predicted molar refractivity (Wildman–Crippen MR) is 78.3 cm³/mol. The number of carbonyl (C=O) groups excluding carboxylic acids is 1. The van der Waals surface area contributed by atoms with Gasteiger partial charge >= 0.3 is 0 Å². The van der Waals surface area contributed by atoms with Crippen LogP contribution in [0.2, 0.25) is 5.02 Å². The Kier molecular flexibility index (Phi) is 4.46. The molecular weight excluding hydrogens is 314 g/mol. The van der Waals surface area contributed by atoms with Crippen molar-refractivity contribution in [3.05, 3.63) is 33.3 Å². The summed E-state index contributed by atoms with van der Waals surface area (Å²) in [6, 6.07) is 5.47. The molecule has 1 aromatic carbocycles. The van der Waals surface area contributed by atoms with Crippen LogP contribution in [0.15, 0.2) is 22.7 Å². The van der Waals surface area contributed by atoms with Crippen molar-refractivity contribution in [2.75, 3.05) is 13.1 Å². The molecule has 2 rings (SSSR count). The molecule has 1 atom stereocenters. The summed E-state index contributed by atoms with van der Waals surface area (Å²) in [5.74, 6) is 0.226. The molecule has 1 saturated heterocycles. The van der Waals surface area contributed by atoms with E-state index in [2.05, 4.69) is 28.2 Å². The molecule has 1 fully saturated rings. The molecule has 0 amide bonds. The quantitative estimate of drug-likeness (QED) is 0.843. The van der Waals surface area contributed by atoms with Gasteiger partial charge in [-0.15, -0.1) is 0 Å². The standard InChI is InChI=1S/C14H17BrClNO/c1-2-5-14(6-7-17-9-14)13(18)10-3-4-11(15)12(16)8-10/h3-4,8,17H,2,5-7,9H2,1H3. The minimum atomic E-state index is -0.230. The number of benzene rings is 1. The lowest BCUT2D eigenvalue weighted by atomic mass is 9.76. The molecule has 98 valence electrons. The van der Waals surface area contributed by atoms with Crippen LogP contribution in [0, 0.1) is 5.41 Å². The molecule has 0 bridgehead atoms. The number of carbonyl (C=O) groups is 1. The summed E-state index contributed by atoms with van der Waals surface area (Å²) in [4.78, 5) is 12.7. The average molecular weight is 331 g/mol. The summed E-state index contributed by atoms with van der Waals surface area (Å²) in [5.41, 5.74) is 0.492. The molecule has 0 saturated carbocycles. The fraction of sp³-hybridized carbons (Fsp3) is 0.500. The normalized spacial score (nSPS) is 23.3. The molecule has 1 N–H and O–H groups in total. The van der Waals surface area contributed by atoms with Crippen LogP contribution < -0.4 is 5.32 Å². The van der Waals surface area contributed by atoms with Crippen molar-refractivity contribution >= 4 is 33.3 Å². The Labute approximate surface area is 121 Å². The molecule has 0 spiro atoms. The van der Waals surface area contributed by atoms with Gasteiger partial charge in [-0.3, -0.25) is 4.79 Å². The average Bonchev–Trinajstić information content (AvgIpc) is 2.82. The summed E-state index contributed by atoms with van der Waals surface area (Å²) in [6.07, 6.45) is 2.89. The highest BCUT2D eigenvalue weighted by Gasteiger charge is 2.40. The number of hydrogen-bond donors (Lipinski definition) is 1. The zero-order valence-corrected chi connectivity index (χ0v) is 12.8. The van der Waals surface area contributed by atoms with Crippen LogP contribution in [-0.2, 0) is 0 Å². The van der Waals surface area contributed by atoms with Gasteiger partial charge < -0.3 is 5.32 Å². The Morgan fingerprint density at radius 3 is 2.89 bits per heavy atom. The van der Waals surface area contributed by atoms with E-state index in [4.69, 9.17) is 11.6 Å². The van der Waals surface area contributed by atoms with Crippen LogP contribution in [0.3, 0.4) is 0 Å². The molecule has 1 unspecified atom stereocenters. The molecule has 1 aromatic rings. The summed E-state index contributed by atoms with van der Waals surface area (Å²) < 4.78 is 0.829. The topological polar surface area (TPSA) is 29.1 Å². The Bertz CT molecular complexity index is 455. The van der Waals surface area contributed by atoms with Crippen LogP contribution in [0.1, 0.15) is 36.5 Å². The predicted octanol–water partition coefficient (Wildman–Crippen LogP) is 4.07. The zero-order chi connectivity index (χ0) is 13.2. The van der Waals surface area contributed by atoms with E-state index in [0.29, 0.717) is 5.02 Å². The van der Waals surface area contributed by atoms with Gasteiger partial charge in [-0.05, 0) is 47.4 Å². The highest BCUT2D eigenvalue weighted by molar-refractivity contribution is 9.10. The number of Topliss-reactive ketones (excluding diaryl/α,β-unsaturated/α-hetero) is 1. The highest BCUT2D eigenvalue weighted by atomic mass is 79.9. The van der Waals surface area contributed by atoms with Crippen molar-refractivity contribution in [1.82, 2.24) is 5.32 Å². The minimum Gasteiger partial charge on any atom is -0.316 e. The van der Waals surface area contributed by atoms with Gasteiger partial charge in [-0.2, -0.15) is 0 Å². The van der Waals surface area contributed by atoms with Gasteiger partial charge in [0.25, 0.3) is 0 Å². The maximum atomic E-state index is 12.7. The first-order valence-electron chi connectivity index (χ1n) is 6.29. The highest BCUT2D eigenvalue weighted by Crippen LogP contribution is 2.36. The maximum absolute atomic E-state index is 12.7. The Morgan fingerprint density at radius 1 is 1.56 bits per heavy atom. The Morgan fingerprint density at radius 2 is 2.33 bits per heavy atom. The van der Waals surface area contributed by atoms with Gasteiger partial charge in [0.2, 0.25) is 0 Å². The van der Waals surface area contributed by atoms with Crippen molar-refractivity contribution < 1.29 is 4.79 Å². The number of hydrogen-bond acceptors (Lipinski definition) is 2. The molecule has 0 aliphatic carbocycles. The lowest BCUT2D eigenvalue weighted by Crippen LogP contribution is -2.33. The summed E-state index contributed by atoms with van der Waals surface area (Å²) in [5, 5.41) is 3.91. The lowest BCUT2D eigenvalue weighted by molar-refractivity contribution is 0.0802. The Balaban J connectivity index is 2.30. The first kappa shape index (κ1) is 14.0. The molecule has 0 aromatic heterocycles. The van der Waals surface area contributed by atoms with Gasteiger partial charge in [-0.1, -0.05) is 31.0 Å². The van der Waals surface area contributed by atoms with Crippen LogP contribution >= 0.6 is 27.5 Å². The number of nitrogens with one attached hydrogen (secondary N) is 1. The van der Waals surface area contributed by atoms with E-state index in [0.717, 1.165) is 42.4 Å². The maximum Gasteiger partial charge on any atom is 0.170 e. The second-order valence-electron chi connectivity index (χ2n) is 4.92. The molecule has 1 aliphatic heterocycles. The van der Waals surface area contributed by atoms with Gasteiger partial charge in [0, 0.05) is 22.0 Å². The van der Waals surface area contributed by atoms with Crippen molar-refractivity contribution in [2.24, 2.45) is 5.41 Å². The van der Waals surface area contributed by atoms with Crippen molar-refractivity contribution in [2.45, 2.75) is 26.2 Å². The molecule has 4 heteroatoms. The van der Waals surface area contributed by atoms with E-state index in [1.165, 1.54) is 0 Å². The van der Waals surface area contributed by atoms with E-state index in [9.17, 15) is 4.79 Å². The third-order valence-electron chi connectivity index (χ3n) is 3.64. The van der Waals surface area contributed by atoms with Crippen LogP contribution in [0.25, 0.3) is 0 Å². The van der Waals surface area contributed by atoms with E-state index >= 15 is 0 Å². The second kappa shape index (κ2) is 5.72. The molecule has 1 aliphatic rings. The third kappa shape index (κ3) is 2.63. The van der Waals surface area contributed by atoms with E-state index in [1.807, 2.05) is 12.1 Å². The molecule has 2 nitrogen and oxygen atoms in total. The number of halogens is 2. The third-order valence-corrected chi connectivity index (χ3v) is 4.87. The Hall–Kier alpha value is -0.380. The first-order valence-corrected chi connectivity index (χ1v) is 7.47. The first-order chi connectivity index (χ1) is 8.59. The fourth-order valence-corrected chi connectivity index (χ4v) is 3.11. The van der Waals surface area contributed by atoms with Crippen LogP contribution in [0.4, 0.5) is 0 Å². The van der Waals surface area contributed by atoms with Crippen molar-refractivity contribution in [3.8, 4) is 0 Å². The fourth-order valence-electron chi connectivity index (χ4n) is 2.69. The van der Waals surface area contributed by atoms with Crippen molar-refractivity contribution in [3.63, 3.8) is 0 Å². The lowest BCUT2D eigenvalue weighted by Gasteiger charge is -2.26. The second-order valence-corrected chi connectivity index (χ2v) is 6.18. The number of rotatable bonds is 4. The zero-order valence-electron chi connectivity index (χ0n) is 10.4. The van der Waals surface area contributed by atoms with E-state index < -0.39 is 0 Å². The SMILES string of the molecule is CCCC1(C(=O)c2ccc(Br)c(Cl)c2)CCNC1. The molecule has 0 radical (unpaired) electrons. The van der Waals surface area contributed by atoms with Crippen molar-refractivity contribution in [1.29, 1.82) is 0 Å². The monoisotopic (exact) mass is 329 g/mol. The smallest absolute Gasteiger partial charge is 0.170 e. The summed E-state index contributed by atoms with van der Waals surface area (Å²) in [6.45, 7) is 3.84. The molecular formula is C14H17BrClNO. The van der Waals surface area contributed by atoms with Gasteiger partial charge in [0.15, 0.2) is 5.78 Å². The molecule has 1 heterocycles. The van der Waals surface area contributed by atoms with Gasteiger partial charge in [0.1, 0.15) is 0 Å². The van der Waals surface area contributed by atoms with Gasteiger partial charge in [-0.25, -0.2) is 0 Å². The van der Waals surface area contributed by atoms with Crippen LogP contribution in [0.5, 0.6) is 0 Å². The summed E-state index contributed by atoms with van der Waals surface area (Å²) in [7, 11) is 0. The van der Waals surface area contributed by atoms with E-state index in [-0.39, 0.29) is 11.2 Å². The minimum absolute atomic E-state index is 0.226. The number of ketones is 1. The van der Waals surface area contributed by atoms with Gasteiger partial charge in [0.05, 0.1) is 5.02 Å².